The molecule has 1 N–H and O–H groups in total. The van der Waals surface area contributed by atoms with Gasteiger partial charge in [0.2, 0.25) is 0 Å². The molecule has 1 aliphatic rings. The van der Waals surface area contributed by atoms with Crippen molar-refractivity contribution in [2.45, 2.75) is 20.8 Å². The predicted octanol–water partition coefficient (Wildman–Crippen LogP) is 6.53. The summed E-state index contributed by atoms with van der Waals surface area (Å²) in [5.41, 5.74) is 8.17. The normalized spacial score (nSPS) is 16.8. The summed E-state index contributed by atoms with van der Waals surface area (Å²) in [4.78, 5) is 0. The second-order valence-electron chi connectivity index (χ2n) is 6.30. The lowest BCUT2D eigenvalue weighted by Crippen LogP contribution is -2.03. The summed E-state index contributed by atoms with van der Waals surface area (Å²) in [6.07, 6.45) is 13.7. The zero-order valence-electron chi connectivity index (χ0n) is 15.3. The lowest BCUT2D eigenvalue weighted by Gasteiger charge is -2.16. The van der Waals surface area contributed by atoms with Crippen LogP contribution in [-0.2, 0) is 0 Å². The van der Waals surface area contributed by atoms with Crippen molar-refractivity contribution in [2.75, 3.05) is 0 Å². The van der Waals surface area contributed by atoms with E-state index in [1.807, 2.05) is 31.2 Å². The van der Waals surface area contributed by atoms with Gasteiger partial charge in [-0.25, -0.2) is 0 Å². The maximum absolute atomic E-state index is 8.12. The van der Waals surface area contributed by atoms with Crippen LogP contribution >= 0.6 is 0 Å². The van der Waals surface area contributed by atoms with Gasteiger partial charge in [0, 0.05) is 5.57 Å². The van der Waals surface area contributed by atoms with Gasteiger partial charge in [0.25, 0.3) is 0 Å². The molecule has 25 heavy (non-hydrogen) atoms. The van der Waals surface area contributed by atoms with Gasteiger partial charge in [-0.15, -0.1) is 0 Å². The fourth-order valence-corrected chi connectivity index (χ4v) is 2.75. The highest BCUT2D eigenvalue weighted by Gasteiger charge is 2.12. The van der Waals surface area contributed by atoms with Crippen LogP contribution in [0, 0.1) is 12.3 Å². The summed E-state index contributed by atoms with van der Waals surface area (Å²) >= 11 is 0. The Balaban J connectivity index is 2.62. The van der Waals surface area contributed by atoms with E-state index < -0.39 is 0 Å². The van der Waals surface area contributed by atoms with E-state index in [4.69, 9.17) is 5.41 Å². The van der Waals surface area contributed by atoms with Crippen molar-refractivity contribution in [2.24, 2.45) is 0 Å². The number of allylic oxidation sites excluding steroid dienone is 12. The molecule has 1 aliphatic carbocycles. The van der Waals surface area contributed by atoms with Gasteiger partial charge in [-0.05, 0) is 55.2 Å². The van der Waals surface area contributed by atoms with E-state index in [9.17, 15) is 0 Å². The quantitative estimate of drug-likeness (QED) is 0.595. The van der Waals surface area contributed by atoms with Crippen LogP contribution < -0.4 is 0 Å². The Morgan fingerprint density at radius 3 is 2.56 bits per heavy atom. The van der Waals surface area contributed by atoms with Crippen LogP contribution in [0.25, 0.3) is 5.57 Å². The molecule has 1 heteroatoms. The highest BCUT2D eigenvalue weighted by molar-refractivity contribution is 6.10. The minimum atomic E-state index is 0.506. The molecule has 0 saturated carbocycles. The average Bonchev–Trinajstić information content (AvgIpc) is 2.57. The lowest BCUT2D eigenvalue weighted by molar-refractivity contribution is 1.40. The van der Waals surface area contributed by atoms with Crippen LogP contribution in [0.3, 0.4) is 0 Å². The highest BCUT2D eigenvalue weighted by Crippen LogP contribution is 2.29. The van der Waals surface area contributed by atoms with Crippen molar-refractivity contribution in [1.82, 2.24) is 0 Å². The zero-order valence-corrected chi connectivity index (χ0v) is 15.3. The molecule has 0 aromatic heterocycles. The van der Waals surface area contributed by atoms with E-state index in [0.29, 0.717) is 5.71 Å². The molecule has 0 unspecified atom stereocenters. The van der Waals surface area contributed by atoms with Gasteiger partial charge in [-0.3, -0.25) is 0 Å². The molecule has 0 bridgehead atoms. The third-order valence-corrected chi connectivity index (χ3v) is 4.02. The molecule has 126 valence electrons. The first-order valence-corrected chi connectivity index (χ1v) is 8.35. The molecular formula is C24H25N. The molecule has 0 fully saturated rings. The van der Waals surface area contributed by atoms with Gasteiger partial charge >= 0.3 is 0 Å². The van der Waals surface area contributed by atoms with Crippen molar-refractivity contribution >= 4 is 11.3 Å². The second-order valence-corrected chi connectivity index (χ2v) is 6.30. The Labute approximate surface area is 151 Å². The third-order valence-electron chi connectivity index (χ3n) is 4.02. The van der Waals surface area contributed by atoms with E-state index in [1.54, 1.807) is 6.08 Å². The molecule has 2 rings (SSSR count). The number of benzene rings is 1. The topological polar surface area (TPSA) is 23.9 Å². The number of nitrogens with one attached hydrogen (secondary N) is 1. The number of hydrogen-bond donors (Lipinski definition) is 1. The summed E-state index contributed by atoms with van der Waals surface area (Å²) in [6, 6.07) is 8.50. The SMILES string of the molecule is C=C/C=C\C(C1=C/C(=C/C(=C)C)C(=N)C=C1)=C(/C)c1cccc(C)c1. The van der Waals surface area contributed by atoms with Gasteiger partial charge < -0.3 is 5.41 Å². The van der Waals surface area contributed by atoms with E-state index in [1.165, 1.54) is 16.7 Å². The molecule has 1 aromatic carbocycles. The average molecular weight is 327 g/mol. The first-order valence-electron chi connectivity index (χ1n) is 8.35. The van der Waals surface area contributed by atoms with Crippen LogP contribution in [0.15, 0.2) is 102 Å². The molecule has 0 atom stereocenters. The van der Waals surface area contributed by atoms with Crippen LogP contribution in [0.4, 0.5) is 0 Å². The van der Waals surface area contributed by atoms with E-state index in [2.05, 4.69) is 63.4 Å². The molecule has 0 amide bonds. The summed E-state index contributed by atoms with van der Waals surface area (Å²) in [7, 11) is 0. The maximum Gasteiger partial charge on any atom is 0.0612 e. The first kappa shape index (κ1) is 18.4. The third kappa shape index (κ3) is 4.77. The molecular weight excluding hydrogens is 302 g/mol. The van der Waals surface area contributed by atoms with Gasteiger partial charge in [-0.2, -0.15) is 0 Å². The van der Waals surface area contributed by atoms with Crippen molar-refractivity contribution < 1.29 is 0 Å². The summed E-state index contributed by atoms with van der Waals surface area (Å²) in [5.74, 6) is 0. The Morgan fingerprint density at radius 2 is 1.92 bits per heavy atom. The van der Waals surface area contributed by atoms with Gasteiger partial charge in [0.15, 0.2) is 0 Å². The van der Waals surface area contributed by atoms with Crippen molar-refractivity contribution in [3.63, 3.8) is 0 Å². The lowest BCUT2D eigenvalue weighted by atomic mass is 9.89. The minimum Gasteiger partial charge on any atom is -0.300 e. The smallest absolute Gasteiger partial charge is 0.0612 e. The van der Waals surface area contributed by atoms with Crippen LogP contribution in [0.5, 0.6) is 0 Å². The van der Waals surface area contributed by atoms with Crippen LogP contribution in [0.1, 0.15) is 25.0 Å². The van der Waals surface area contributed by atoms with E-state index in [-0.39, 0.29) is 0 Å². The highest BCUT2D eigenvalue weighted by atomic mass is 14.4. The standard InChI is InChI=1S/C24H25N/c1-6-7-11-23(19(5)20-10-8-9-18(4)15-20)21-12-13-24(25)22(16-21)14-17(2)3/h6-16,25H,1-2H2,3-5H3/b11-7-,22-14-,23-19-,25-24?. The largest absolute Gasteiger partial charge is 0.300 e. The Hall–Kier alpha value is -2.93. The maximum atomic E-state index is 8.12. The van der Waals surface area contributed by atoms with Gasteiger partial charge in [-0.1, -0.05) is 78.9 Å². The first-order chi connectivity index (χ1) is 11.9. The van der Waals surface area contributed by atoms with Gasteiger partial charge in [0.1, 0.15) is 0 Å². The molecule has 0 spiro atoms. The zero-order chi connectivity index (χ0) is 18.4. The van der Waals surface area contributed by atoms with E-state index >= 15 is 0 Å². The number of hydrogen-bond acceptors (Lipinski definition) is 1. The Bertz CT molecular complexity index is 867. The number of aryl methyl sites for hydroxylation is 1. The van der Waals surface area contributed by atoms with Gasteiger partial charge in [0.05, 0.1) is 5.71 Å². The van der Waals surface area contributed by atoms with Crippen molar-refractivity contribution in [3.8, 4) is 0 Å². The van der Waals surface area contributed by atoms with Crippen LogP contribution in [0.2, 0.25) is 0 Å². The predicted molar refractivity (Wildman–Crippen MR) is 111 cm³/mol. The summed E-state index contributed by atoms with van der Waals surface area (Å²) in [5, 5.41) is 8.12. The molecule has 0 saturated heterocycles. The van der Waals surface area contributed by atoms with Crippen molar-refractivity contribution in [3.05, 3.63) is 113 Å². The Kier molecular flexibility index (Phi) is 6.08. The Morgan fingerprint density at radius 1 is 1.16 bits per heavy atom. The number of rotatable bonds is 5. The fraction of sp³-hybridized carbons (Fsp3) is 0.125. The molecule has 1 nitrogen and oxygen atoms in total. The van der Waals surface area contributed by atoms with Crippen molar-refractivity contribution in [1.29, 1.82) is 5.41 Å². The fourth-order valence-electron chi connectivity index (χ4n) is 2.75. The molecule has 0 aliphatic heterocycles. The second kappa shape index (κ2) is 8.25. The molecule has 0 heterocycles. The minimum absolute atomic E-state index is 0.506. The molecule has 1 aromatic rings. The monoisotopic (exact) mass is 327 g/mol. The van der Waals surface area contributed by atoms with E-state index in [0.717, 1.165) is 22.3 Å². The summed E-state index contributed by atoms with van der Waals surface area (Å²) in [6.45, 7) is 13.9. The molecule has 0 radical (unpaired) electrons. The summed E-state index contributed by atoms with van der Waals surface area (Å²) < 4.78 is 0. The van der Waals surface area contributed by atoms with Crippen LogP contribution in [-0.4, -0.2) is 5.71 Å².